The van der Waals surface area contributed by atoms with Gasteiger partial charge in [-0.2, -0.15) is 0 Å². The van der Waals surface area contributed by atoms with Gasteiger partial charge < -0.3 is 9.79 Å². The van der Waals surface area contributed by atoms with Gasteiger partial charge in [0.05, 0.1) is 0 Å². The summed E-state index contributed by atoms with van der Waals surface area (Å²) in [6, 6.07) is 0. The molecule has 9 heavy (non-hydrogen) atoms. The van der Waals surface area contributed by atoms with E-state index in [0.717, 1.165) is 6.42 Å². The fraction of sp³-hybridized carbons (Fsp3) is 1.00. The molecule has 0 aromatic heterocycles. The first-order valence-electron chi connectivity index (χ1n) is 2.61. The van der Waals surface area contributed by atoms with Crippen molar-refractivity contribution in [2.75, 3.05) is 6.16 Å². The van der Waals surface area contributed by atoms with Gasteiger partial charge in [0.15, 0.2) is 17.4 Å². The fourth-order valence-corrected chi connectivity index (χ4v) is 1.09. The minimum atomic E-state index is -3.68. The lowest BCUT2D eigenvalue weighted by Gasteiger charge is -1.98. The van der Waals surface area contributed by atoms with Gasteiger partial charge in [0.25, 0.3) is 0 Å². The zero-order valence-corrected chi connectivity index (χ0v) is 5.77. The Morgan fingerprint density at radius 1 is 1.44 bits per heavy atom. The summed E-state index contributed by atoms with van der Waals surface area (Å²) in [6.45, 7) is 1.90. The van der Waals surface area contributed by atoms with E-state index < -0.39 is 7.60 Å². The van der Waals surface area contributed by atoms with Crippen LogP contribution in [0.4, 0.5) is 0 Å². The molecule has 56 valence electrons. The van der Waals surface area contributed by atoms with Crippen LogP contribution in [-0.2, 0) is 4.57 Å². The Morgan fingerprint density at radius 2 is 1.89 bits per heavy atom. The zero-order chi connectivity index (χ0) is 6.62. The molecule has 0 heterocycles. The van der Waals surface area contributed by atoms with Crippen LogP contribution in [0.2, 0.25) is 0 Å². The lowest BCUT2D eigenvalue weighted by molar-refractivity contribution is 0.371. The third-order valence-electron chi connectivity index (χ3n) is 0.803. The molecule has 0 spiro atoms. The van der Waals surface area contributed by atoms with Crippen molar-refractivity contribution >= 4 is 25.0 Å². The normalized spacial score (nSPS) is 10.6. The Balaban J connectivity index is 0. The SMILES string of the molecule is CCCCP(=O)(O)O.[AlH3]. The van der Waals surface area contributed by atoms with Crippen LogP contribution in [0.1, 0.15) is 19.8 Å². The van der Waals surface area contributed by atoms with Crippen LogP contribution >= 0.6 is 7.60 Å². The van der Waals surface area contributed by atoms with Crippen LogP contribution in [0.5, 0.6) is 0 Å². The molecular weight excluding hydrogens is 154 g/mol. The highest BCUT2D eigenvalue weighted by Gasteiger charge is 2.09. The average molecular weight is 168 g/mol. The first-order chi connectivity index (χ1) is 3.56. The van der Waals surface area contributed by atoms with Crippen molar-refractivity contribution in [3.63, 3.8) is 0 Å². The van der Waals surface area contributed by atoms with E-state index in [4.69, 9.17) is 9.79 Å². The summed E-state index contributed by atoms with van der Waals surface area (Å²) in [6.07, 6.45) is 1.49. The van der Waals surface area contributed by atoms with E-state index in [1.165, 1.54) is 0 Å². The molecule has 0 amide bonds. The molecule has 0 bridgehead atoms. The first kappa shape index (κ1) is 12.4. The number of hydrogen-bond acceptors (Lipinski definition) is 1. The van der Waals surface area contributed by atoms with Gasteiger partial charge in [-0.1, -0.05) is 13.3 Å². The highest BCUT2D eigenvalue weighted by molar-refractivity contribution is 7.51. The van der Waals surface area contributed by atoms with Crippen molar-refractivity contribution in [1.82, 2.24) is 0 Å². The molecule has 0 aliphatic heterocycles. The second-order valence-electron chi connectivity index (χ2n) is 1.74. The minimum absolute atomic E-state index is 0. The Bertz CT molecular complexity index is 100.0. The fourth-order valence-electron chi connectivity index (χ4n) is 0.364. The van der Waals surface area contributed by atoms with Crippen LogP contribution in [0.3, 0.4) is 0 Å². The lowest BCUT2D eigenvalue weighted by atomic mass is 10.4. The smallest absolute Gasteiger partial charge is 0.324 e. The maximum Gasteiger partial charge on any atom is 0.325 e. The van der Waals surface area contributed by atoms with Crippen molar-refractivity contribution < 1.29 is 14.4 Å². The quantitative estimate of drug-likeness (QED) is 0.452. The highest BCUT2D eigenvalue weighted by atomic mass is 31.2. The minimum Gasteiger partial charge on any atom is -0.324 e. The predicted octanol–water partition coefficient (Wildman–Crippen LogP) is -0.220. The van der Waals surface area contributed by atoms with Crippen molar-refractivity contribution in [2.24, 2.45) is 0 Å². The summed E-state index contributed by atoms with van der Waals surface area (Å²) < 4.78 is 10.1. The van der Waals surface area contributed by atoms with Gasteiger partial charge in [0.2, 0.25) is 0 Å². The molecular formula is C4H14AlO3P. The molecule has 2 N–H and O–H groups in total. The van der Waals surface area contributed by atoms with Crippen molar-refractivity contribution in [3.05, 3.63) is 0 Å². The summed E-state index contributed by atoms with van der Waals surface area (Å²) >= 11 is 0. The molecule has 0 saturated carbocycles. The maximum absolute atomic E-state index is 10.1. The second kappa shape index (κ2) is 5.47. The largest absolute Gasteiger partial charge is 0.325 e. The van der Waals surface area contributed by atoms with E-state index in [1.807, 2.05) is 6.92 Å². The van der Waals surface area contributed by atoms with Crippen LogP contribution in [-0.4, -0.2) is 33.3 Å². The maximum atomic E-state index is 10.1. The summed E-state index contributed by atoms with van der Waals surface area (Å²) in [4.78, 5) is 16.5. The van der Waals surface area contributed by atoms with Crippen molar-refractivity contribution in [1.29, 1.82) is 0 Å². The van der Waals surface area contributed by atoms with Crippen LogP contribution < -0.4 is 0 Å². The average Bonchev–Trinajstić information content (AvgIpc) is 1.59. The van der Waals surface area contributed by atoms with Gasteiger partial charge >= 0.3 is 7.60 Å². The molecule has 0 aliphatic carbocycles. The first-order valence-corrected chi connectivity index (χ1v) is 4.40. The third kappa shape index (κ3) is 12.0. The number of hydrogen-bond donors (Lipinski definition) is 2. The van der Waals surface area contributed by atoms with Crippen LogP contribution in [0.25, 0.3) is 0 Å². The Labute approximate surface area is 65.8 Å². The summed E-state index contributed by atoms with van der Waals surface area (Å²) in [5.74, 6) is 0. The van der Waals surface area contributed by atoms with E-state index in [2.05, 4.69) is 0 Å². The molecule has 0 aromatic rings. The molecule has 0 aliphatic rings. The Kier molecular flexibility index (Phi) is 7.51. The van der Waals surface area contributed by atoms with E-state index >= 15 is 0 Å². The summed E-state index contributed by atoms with van der Waals surface area (Å²) in [5.41, 5.74) is 0. The van der Waals surface area contributed by atoms with Crippen LogP contribution in [0.15, 0.2) is 0 Å². The molecule has 0 rings (SSSR count). The van der Waals surface area contributed by atoms with Gasteiger partial charge in [-0.25, -0.2) is 0 Å². The van der Waals surface area contributed by atoms with Gasteiger partial charge in [0.1, 0.15) is 0 Å². The van der Waals surface area contributed by atoms with Crippen molar-refractivity contribution in [2.45, 2.75) is 19.8 Å². The van der Waals surface area contributed by atoms with E-state index in [9.17, 15) is 4.57 Å². The molecule has 0 fully saturated rings. The summed E-state index contributed by atoms with van der Waals surface area (Å²) in [5, 5.41) is 0. The predicted molar refractivity (Wildman–Crippen MR) is 41.8 cm³/mol. The molecule has 0 unspecified atom stereocenters. The van der Waals surface area contributed by atoms with Crippen molar-refractivity contribution in [3.8, 4) is 0 Å². The highest BCUT2D eigenvalue weighted by Crippen LogP contribution is 2.34. The molecule has 0 atom stereocenters. The molecule has 0 radical (unpaired) electrons. The van der Waals surface area contributed by atoms with Crippen LogP contribution in [0, 0.1) is 0 Å². The van der Waals surface area contributed by atoms with E-state index in [0.29, 0.717) is 6.42 Å². The number of unbranched alkanes of at least 4 members (excludes halogenated alkanes) is 1. The molecule has 0 saturated heterocycles. The zero-order valence-electron chi connectivity index (χ0n) is 4.87. The molecule has 5 heteroatoms. The van der Waals surface area contributed by atoms with E-state index in [-0.39, 0.29) is 23.5 Å². The topological polar surface area (TPSA) is 57.5 Å². The monoisotopic (exact) mass is 168 g/mol. The van der Waals surface area contributed by atoms with Gasteiger partial charge in [0, 0.05) is 6.16 Å². The van der Waals surface area contributed by atoms with Gasteiger partial charge in [-0.15, -0.1) is 0 Å². The van der Waals surface area contributed by atoms with E-state index in [1.54, 1.807) is 0 Å². The molecule has 3 nitrogen and oxygen atoms in total. The Hall–Kier alpha value is 0.682. The Morgan fingerprint density at radius 3 is 2.00 bits per heavy atom. The van der Waals surface area contributed by atoms with Gasteiger partial charge in [-0.05, 0) is 6.42 Å². The summed E-state index contributed by atoms with van der Waals surface area (Å²) in [7, 11) is -3.68. The second-order valence-corrected chi connectivity index (χ2v) is 3.52. The third-order valence-corrected chi connectivity index (χ3v) is 1.70. The molecule has 0 aromatic carbocycles. The van der Waals surface area contributed by atoms with Gasteiger partial charge in [-0.3, -0.25) is 4.57 Å². The number of rotatable bonds is 3. The standard InChI is InChI=1S/C4H11O3P.Al.3H/c1-2-3-4-8(5,6)7;;;;/h2-4H2,1H3,(H2,5,6,7);;;;. The lowest BCUT2D eigenvalue weighted by Crippen LogP contribution is -1.84.